The number of rotatable bonds is 6. The lowest BCUT2D eigenvalue weighted by Gasteiger charge is -2.15. The Bertz CT molecular complexity index is 188. The molecule has 3 heteroatoms. The smallest absolute Gasteiger partial charge is 0.222 e. The van der Waals surface area contributed by atoms with Crippen LogP contribution >= 0.6 is 0 Å². The molecule has 0 aromatic heterocycles. The predicted molar refractivity (Wildman–Crippen MR) is 62.7 cm³/mol. The van der Waals surface area contributed by atoms with E-state index in [9.17, 15) is 4.79 Å². The van der Waals surface area contributed by atoms with Gasteiger partial charge in [-0.15, -0.1) is 0 Å². The van der Waals surface area contributed by atoms with Crippen molar-refractivity contribution in [1.82, 2.24) is 10.6 Å². The lowest BCUT2D eigenvalue weighted by Crippen LogP contribution is -2.34. The molecule has 2 N–H and O–H groups in total. The van der Waals surface area contributed by atoms with Crippen molar-refractivity contribution >= 4 is 5.91 Å². The zero-order chi connectivity index (χ0) is 11.1. The molecule has 1 aliphatic rings. The van der Waals surface area contributed by atoms with E-state index in [1.807, 2.05) is 14.0 Å². The van der Waals surface area contributed by atoms with Crippen molar-refractivity contribution in [2.24, 2.45) is 11.8 Å². The molecule has 1 fully saturated rings. The first kappa shape index (κ1) is 12.5. The van der Waals surface area contributed by atoms with Crippen LogP contribution in [0.15, 0.2) is 0 Å². The van der Waals surface area contributed by atoms with Crippen molar-refractivity contribution in [2.75, 3.05) is 20.1 Å². The van der Waals surface area contributed by atoms with E-state index in [1.54, 1.807) is 0 Å². The highest BCUT2D eigenvalue weighted by Gasteiger charge is 2.21. The van der Waals surface area contributed by atoms with Crippen molar-refractivity contribution in [3.05, 3.63) is 0 Å². The molecule has 0 bridgehead atoms. The molecule has 1 aliphatic carbocycles. The second kappa shape index (κ2) is 6.83. The summed E-state index contributed by atoms with van der Waals surface area (Å²) in [5.74, 6) is 1.21. The van der Waals surface area contributed by atoms with Gasteiger partial charge < -0.3 is 10.6 Å². The third-order valence-corrected chi connectivity index (χ3v) is 3.28. The molecule has 0 aliphatic heterocycles. The highest BCUT2D eigenvalue weighted by molar-refractivity contribution is 5.78. The minimum absolute atomic E-state index is 0.185. The van der Waals surface area contributed by atoms with Gasteiger partial charge in [0.2, 0.25) is 5.91 Å². The number of carbonyl (C=O) groups excluding carboxylic acids is 1. The van der Waals surface area contributed by atoms with Crippen LogP contribution in [-0.2, 0) is 4.79 Å². The van der Waals surface area contributed by atoms with Crippen molar-refractivity contribution in [1.29, 1.82) is 0 Å². The molecule has 3 nitrogen and oxygen atoms in total. The molecule has 0 spiro atoms. The molecule has 0 heterocycles. The van der Waals surface area contributed by atoms with Crippen LogP contribution < -0.4 is 10.6 Å². The summed E-state index contributed by atoms with van der Waals surface area (Å²) in [4.78, 5) is 11.7. The summed E-state index contributed by atoms with van der Waals surface area (Å²) >= 11 is 0. The van der Waals surface area contributed by atoms with Crippen LogP contribution in [0.5, 0.6) is 0 Å². The Morgan fingerprint density at radius 2 is 2.00 bits per heavy atom. The molecule has 1 amide bonds. The molecule has 1 rings (SSSR count). The molecule has 0 radical (unpaired) electrons. The molecule has 0 aromatic carbocycles. The second-order valence-corrected chi connectivity index (χ2v) is 4.68. The van der Waals surface area contributed by atoms with E-state index in [2.05, 4.69) is 10.6 Å². The van der Waals surface area contributed by atoms with E-state index in [0.717, 1.165) is 25.4 Å². The van der Waals surface area contributed by atoms with E-state index < -0.39 is 0 Å². The molecular weight excluding hydrogens is 188 g/mol. The first-order valence-electron chi connectivity index (χ1n) is 6.16. The maximum atomic E-state index is 11.7. The topological polar surface area (TPSA) is 41.1 Å². The fourth-order valence-corrected chi connectivity index (χ4v) is 2.34. The van der Waals surface area contributed by atoms with E-state index in [0.29, 0.717) is 0 Å². The van der Waals surface area contributed by atoms with Crippen LogP contribution in [0.4, 0.5) is 0 Å². The van der Waals surface area contributed by atoms with E-state index >= 15 is 0 Å². The molecule has 0 aromatic rings. The summed E-state index contributed by atoms with van der Waals surface area (Å²) in [6.07, 6.45) is 6.45. The maximum Gasteiger partial charge on any atom is 0.222 e. The average Bonchev–Trinajstić information content (AvgIpc) is 2.70. The number of nitrogens with one attached hydrogen (secondary N) is 2. The average molecular weight is 212 g/mol. The molecule has 1 saturated carbocycles. The minimum atomic E-state index is 0.185. The quantitative estimate of drug-likeness (QED) is 0.656. The third-order valence-electron chi connectivity index (χ3n) is 3.28. The van der Waals surface area contributed by atoms with E-state index in [-0.39, 0.29) is 11.8 Å². The fourth-order valence-electron chi connectivity index (χ4n) is 2.34. The molecule has 1 atom stereocenters. The van der Waals surface area contributed by atoms with Crippen LogP contribution in [0.25, 0.3) is 0 Å². The van der Waals surface area contributed by atoms with Crippen LogP contribution in [0.3, 0.4) is 0 Å². The zero-order valence-corrected chi connectivity index (χ0v) is 10.0. The Hall–Kier alpha value is -0.570. The summed E-state index contributed by atoms with van der Waals surface area (Å²) in [5.41, 5.74) is 0. The van der Waals surface area contributed by atoms with Gasteiger partial charge in [-0.2, -0.15) is 0 Å². The van der Waals surface area contributed by atoms with Crippen molar-refractivity contribution < 1.29 is 4.79 Å². The number of carbonyl (C=O) groups is 1. The SMILES string of the molecule is CNCCNC(=O)C(C)CC1CCCC1. The number of amides is 1. The van der Waals surface area contributed by atoms with Gasteiger partial charge in [0.25, 0.3) is 0 Å². The maximum absolute atomic E-state index is 11.7. The molecule has 1 unspecified atom stereocenters. The molecule has 0 saturated heterocycles. The van der Waals surface area contributed by atoms with Gasteiger partial charge in [0, 0.05) is 19.0 Å². The second-order valence-electron chi connectivity index (χ2n) is 4.68. The monoisotopic (exact) mass is 212 g/mol. The normalized spacial score (nSPS) is 19.1. The zero-order valence-electron chi connectivity index (χ0n) is 10.0. The van der Waals surface area contributed by atoms with Gasteiger partial charge in [0.1, 0.15) is 0 Å². The van der Waals surface area contributed by atoms with Crippen LogP contribution in [0, 0.1) is 11.8 Å². The highest BCUT2D eigenvalue weighted by Crippen LogP contribution is 2.30. The van der Waals surface area contributed by atoms with Crippen molar-refractivity contribution in [3.63, 3.8) is 0 Å². The van der Waals surface area contributed by atoms with Gasteiger partial charge >= 0.3 is 0 Å². The van der Waals surface area contributed by atoms with Crippen LogP contribution in [-0.4, -0.2) is 26.0 Å². The molecule has 15 heavy (non-hydrogen) atoms. The van der Waals surface area contributed by atoms with Gasteiger partial charge in [0.15, 0.2) is 0 Å². The summed E-state index contributed by atoms with van der Waals surface area (Å²) in [6.45, 7) is 3.64. The lowest BCUT2D eigenvalue weighted by molar-refractivity contribution is -0.124. The summed E-state index contributed by atoms with van der Waals surface area (Å²) < 4.78 is 0. The standard InChI is InChI=1S/C12H24N2O/c1-10(9-11-5-3-4-6-11)12(15)14-8-7-13-2/h10-11,13H,3-9H2,1-2H3,(H,14,15). The number of hydrogen-bond acceptors (Lipinski definition) is 2. The molecule has 88 valence electrons. The molecular formula is C12H24N2O. The number of likely N-dealkylation sites (N-methyl/N-ethyl adjacent to an activating group) is 1. The predicted octanol–water partition coefficient (Wildman–Crippen LogP) is 1.54. The first-order valence-corrected chi connectivity index (χ1v) is 6.16. The Morgan fingerprint density at radius 3 is 2.60 bits per heavy atom. The van der Waals surface area contributed by atoms with E-state index in [4.69, 9.17) is 0 Å². The van der Waals surface area contributed by atoms with Crippen LogP contribution in [0.2, 0.25) is 0 Å². The van der Waals surface area contributed by atoms with E-state index in [1.165, 1.54) is 25.7 Å². The summed E-state index contributed by atoms with van der Waals surface area (Å²) in [5, 5.41) is 5.98. The Kier molecular flexibility index (Phi) is 5.69. The number of hydrogen-bond donors (Lipinski definition) is 2. The highest BCUT2D eigenvalue weighted by atomic mass is 16.1. The third kappa shape index (κ3) is 4.65. The van der Waals surface area contributed by atoms with Crippen molar-refractivity contribution in [2.45, 2.75) is 39.0 Å². The fraction of sp³-hybridized carbons (Fsp3) is 0.917. The van der Waals surface area contributed by atoms with Gasteiger partial charge in [-0.05, 0) is 19.4 Å². The van der Waals surface area contributed by atoms with Crippen molar-refractivity contribution in [3.8, 4) is 0 Å². The summed E-state index contributed by atoms with van der Waals surface area (Å²) in [7, 11) is 1.90. The van der Waals surface area contributed by atoms with Gasteiger partial charge in [-0.1, -0.05) is 32.6 Å². The largest absolute Gasteiger partial charge is 0.355 e. The summed E-state index contributed by atoms with van der Waals surface area (Å²) in [6, 6.07) is 0. The lowest BCUT2D eigenvalue weighted by atomic mass is 9.94. The Balaban J connectivity index is 2.14. The van der Waals surface area contributed by atoms with Crippen LogP contribution in [0.1, 0.15) is 39.0 Å². The van der Waals surface area contributed by atoms with Gasteiger partial charge in [-0.25, -0.2) is 0 Å². The first-order chi connectivity index (χ1) is 7.24. The van der Waals surface area contributed by atoms with Gasteiger partial charge in [0.05, 0.1) is 0 Å². The van der Waals surface area contributed by atoms with Gasteiger partial charge in [-0.3, -0.25) is 4.79 Å². The minimum Gasteiger partial charge on any atom is -0.355 e. The Labute approximate surface area is 93.0 Å². The Morgan fingerprint density at radius 1 is 1.33 bits per heavy atom.